The highest BCUT2D eigenvalue weighted by Gasteiger charge is 2.28. The number of primary amides is 1. The van der Waals surface area contributed by atoms with Gasteiger partial charge in [-0.3, -0.25) is 9.20 Å². The van der Waals surface area contributed by atoms with Crippen LogP contribution >= 0.6 is 0 Å². The topological polar surface area (TPSA) is 147 Å². The molecule has 0 fully saturated rings. The predicted octanol–water partition coefficient (Wildman–Crippen LogP) is 2.07. The highest BCUT2D eigenvalue weighted by molar-refractivity contribution is 5.85. The Morgan fingerprint density at radius 2 is 1.81 bits per heavy atom. The lowest BCUT2D eigenvalue weighted by Gasteiger charge is -2.24. The number of nitrogens with one attached hydrogen (secondary N) is 1. The molecule has 32 heavy (non-hydrogen) atoms. The Labute approximate surface area is 186 Å². The second-order valence-corrected chi connectivity index (χ2v) is 7.63. The van der Waals surface area contributed by atoms with E-state index < -0.39 is 17.7 Å². The maximum atomic E-state index is 12.6. The molecule has 0 saturated carbocycles. The van der Waals surface area contributed by atoms with E-state index in [4.69, 9.17) is 20.9 Å². The summed E-state index contributed by atoms with van der Waals surface area (Å²) in [5.74, 6) is 0.0489. The molecule has 172 valence electrons. The molecule has 0 aliphatic carbocycles. The molecule has 2 heterocycles. The molecule has 0 spiro atoms. The molecule has 3 aromatic rings. The normalized spacial score (nSPS) is 12.1. The van der Waals surface area contributed by atoms with E-state index in [1.807, 2.05) is 30.3 Å². The van der Waals surface area contributed by atoms with Gasteiger partial charge in [-0.05, 0) is 31.5 Å². The monoisotopic (exact) mass is 442 g/mol. The first-order valence-electron chi connectivity index (χ1n) is 9.72. The first-order chi connectivity index (χ1) is 14.8. The van der Waals surface area contributed by atoms with Crippen LogP contribution in [0.25, 0.3) is 5.65 Å². The third kappa shape index (κ3) is 6.25. The summed E-state index contributed by atoms with van der Waals surface area (Å²) in [6.07, 6.45) is -0.896. The lowest BCUT2D eigenvalue weighted by atomic mass is 10.1. The van der Waals surface area contributed by atoms with Crippen molar-refractivity contribution < 1.29 is 19.1 Å². The highest BCUT2D eigenvalue weighted by atomic mass is 16.5. The van der Waals surface area contributed by atoms with Gasteiger partial charge in [0.2, 0.25) is 5.91 Å². The van der Waals surface area contributed by atoms with Crippen molar-refractivity contribution in [2.24, 2.45) is 11.5 Å². The Morgan fingerprint density at radius 1 is 1.09 bits per heavy atom. The number of ether oxygens (including phenoxy) is 2. The van der Waals surface area contributed by atoms with Gasteiger partial charge in [-0.2, -0.15) is 0 Å². The number of pyridine rings is 1. The van der Waals surface area contributed by atoms with Gasteiger partial charge < -0.3 is 26.3 Å². The summed E-state index contributed by atoms with van der Waals surface area (Å²) in [4.78, 5) is 23.7. The lowest BCUT2D eigenvalue weighted by molar-refractivity contribution is -0.126. The first kappa shape index (κ1) is 24.8. The SMILES string of the molecule is C.CC(C)(N)C(=O)N[C@H](COCc1ccccc1)c1nnc2cccc(COC(N)=O)n12. The van der Waals surface area contributed by atoms with Gasteiger partial charge >= 0.3 is 6.09 Å². The van der Waals surface area contributed by atoms with Crippen molar-refractivity contribution in [2.75, 3.05) is 6.61 Å². The van der Waals surface area contributed by atoms with Gasteiger partial charge in [0, 0.05) is 0 Å². The van der Waals surface area contributed by atoms with Gasteiger partial charge in [0.15, 0.2) is 11.5 Å². The van der Waals surface area contributed by atoms with E-state index in [0.29, 0.717) is 23.8 Å². The zero-order valence-corrected chi connectivity index (χ0v) is 17.4. The van der Waals surface area contributed by atoms with Gasteiger partial charge in [0.1, 0.15) is 12.6 Å². The molecule has 1 aromatic carbocycles. The molecular weight excluding hydrogens is 412 g/mol. The number of rotatable bonds is 9. The van der Waals surface area contributed by atoms with Crippen LogP contribution < -0.4 is 16.8 Å². The number of nitrogens with zero attached hydrogens (tertiary/aromatic N) is 3. The van der Waals surface area contributed by atoms with Crippen LogP contribution in [0, 0.1) is 0 Å². The van der Waals surface area contributed by atoms with E-state index in [9.17, 15) is 9.59 Å². The van der Waals surface area contributed by atoms with Gasteiger partial charge in [-0.15, -0.1) is 10.2 Å². The number of carbonyl (C=O) groups is 2. The van der Waals surface area contributed by atoms with Crippen LogP contribution in [-0.2, 0) is 27.5 Å². The Balaban J connectivity index is 0.00000363. The number of aromatic nitrogens is 3. The molecule has 0 aliphatic rings. The van der Waals surface area contributed by atoms with Crippen molar-refractivity contribution >= 4 is 17.6 Å². The van der Waals surface area contributed by atoms with Crippen LogP contribution in [0.2, 0.25) is 0 Å². The van der Waals surface area contributed by atoms with E-state index in [0.717, 1.165) is 5.56 Å². The molecule has 0 radical (unpaired) electrons. The molecule has 0 aliphatic heterocycles. The fourth-order valence-electron chi connectivity index (χ4n) is 2.91. The third-order valence-corrected chi connectivity index (χ3v) is 4.49. The van der Waals surface area contributed by atoms with Crippen LogP contribution in [0.5, 0.6) is 0 Å². The Kier molecular flexibility index (Phi) is 8.27. The summed E-state index contributed by atoms with van der Waals surface area (Å²) in [7, 11) is 0. The van der Waals surface area contributed by atoms with E-state index in [-0.39, 0.29) is 26.5 Å². The molecule has 10 heteroatoms. The van der Waals surface area contributed by atoms with Crippen molar-refractivity contribution in [3.63, 3.8) is 0 Å². The number of nitrogens with two attached hydrogens (primary N) is 2. The maximum Gasteiger partial charge on any atom is 0.404 e. The fourth-order valence-corrected chi connectivity index (χ4v) is 2.91. The van der Waals surface area contributed by atoms with Gasteiger partial charge in [-0.25, -0.2) is 4.79 Å². The minimum atomic E-state index is -1.10. The van der Waals surface area contributed by atoms with Gasteiger partial charge in [-0.1, -0.05) is 43.8 Å². The number of hydrogen-bond donors (Lipinski definition) is 3. The van der Waals surface area contributed by atoms with Crippen LogP contribution in [0.3, 0.4) is 0 Å². The minimum absolute atomic E-state index is 0. The number of fused-ring (bicyclic) bond motifs is 1. The molecule has 1 atom stereocenters. The van der Waals surface area contributed by atoms with Crippen molar-refractivity contribution in [3.8, 4) is 0 Å². The number of amides is 2. The summed E-state index contributed by atoms with van der Waals surface area (Å²) in [5.41, 5.74) is 12.1. The van der Waals surface area contributed by atoms with Gasteiger partial charge in [0.05, 0.1) is 24.4 Å². The second kappa shape index (κ2) is 10.7. The predicted molar refractivity (Wildman–Crippen MR) is 119 cm³/mol. The van der Waals surface area contributed by atoms with Crippen LogP contribution in [0.15, 0.2) is 48.5 Å². The Hall–Kier alpha value is -3.50. The molecule has 0 unspecified atom stereocenters. The maximum absolute atomic E-state index is 12.6. The number of benzene rings is 1. The summed E-state index contributed by atoms with van der Waals surface area (Å²) >= 11 is 0. The van der Waals surface area contributed by atoms with E-state index in [1.54, 1.807) is 36.4 Å². The van der Waals surface area contributed by atoms with Crippen molar-refractivity contribution in [2.45, 2.75) is 46.1 Å². The Morgan fingerprint density at radius 3 is 2.47 bits per heavy atom. The summed E-state index contributed by atoms with van der Waals surface area (Å²) < 4.78 is 12.5. The molecule has 0 saturated heterocycles. The second-order valence-electron chi connectivity index (χ2n) is 7.63. The molecule has 10 nitrogen and oxygen atoms in total. The summed E-state index contributed by atoms with van der Waals surface area (Å²) in [6, 6.07) is 14.3. The highest BCUT2D eigenvalue weighted by Crippen LogP contribution is 2.18. The summed E-state index contributed by atoms with van der Waals surface area (Å²) in [5, 5.41) is 11.3. The molecule has 0 bridgehead atoms. The van der Waals surface area contributed by atoms with Crippen molar-refractivity contribution in [3.05, 3.63) is 65.6 Å². The zero-order chi connectivity index (χ0) is 22.4. The Bertz CT molecular complexity index is 1050. The smallest absolute Gasteiger partial charge is 0.404 e. The van der Waals surface area contributed by atoms with E-state index in [2.05, 4.69) is 15.5 Å². The largest absolute Gasteiger partial charge is 0.443 e. The average molecular weight is 443 g/mol. The van der Waals surface area contributed by atoms with Crippen molar-refractivity contribution in [1.82, 2.24) is 19.9 Å². The fraction of sp³-hybridized carbons (Fsp3) is 0.364. The van der Waals surface area contributed by atoms with E-state index in [1.165, 1.54) is 0 Å². The summed E-state index contributed by atoms with van der Waals surface area (Å²) in [6.45, 7) is 3.62. The average Bonchev–Trinajstić information content (AvgIpc) is 3.16. The number of hydrogen-bond acceptors (Lipinski definition) is 7. The van der Waals surface area contributed by atoms with E-state index >= 15 is 0 Å². The standard InChI is InChI=1S/C21H26N6O4.CH4/c1-21(2,23)19(28)24-16(13-30-11-14-7-4-3-5-8-14)18-26-25-17-10-6-9-15(27(17)18)12-31-20(22)29;/h3-10,16H,11-13,23H2,1-2H3,(H2,22,29)(H,24,28);1H4/t16-;/m1./s1. The van der Waals surface area contributed by atoms with Crippen LogP contribution in [0.1, 0.15) is 44.4 Å². The molecule has 2 aromatic heterocycles. The minimum Gasteiger partial charge on any atom is -0.443 e. The third-order valence-electron chi connectivity index (χ3n) is 4.49. The van der Waals surface area contributed by atoms with Crippen LogP contribution in [-0.4, -0.2) is 38.7 Å². The molecule has 2 amide bonds. The number of carbonyl (C=O) groups excluding carboxylic acids is 2. The zero-order valence-electron chi connectivity index (χ0n) is 17.4. The van der Waals surface area contributed by atoms with Crippen LogP contribution in [0.4, 0.5) is 4.79 Å². The quantitative estimate of drug-likeness (QED) is 0.459. The van der Waals surface area contributed by atoms with Crippen molar-refractivity contribution in [1.29, 1.82) is 0 Å². The lowest BCUT2D eigenvalue weighted by Crippen LogP contribution is -2.51. The molecule has 5 N–H and O–H groups in total. The first-order valence-corrected chi connectivity index (χ1v) is 9.72. The molecular formula is C22H30N6O4. The van der Waals surface area contributed by atoms with Gasteiger partial charge in [0.25, 0.3) is 0 Å². The molecule has 3 rings (SSSR count).